The highest BCUT2D eigenvalue weighted by atomic mass is 16.2. The third-order valence-corrected chi connectivity index (χ3v) is 2.97. The fraction of sp³-hybridized carbons (Fsp3) is 0.250. The van der Waals surface area contributed by atoms with Gasteiger partial charge in [0.2, 0.25) is 0 Å². The Labute approximate surface area is 123 Å². The molecule has 0 aliphatic rings. The molecule has 1 aromatic carbocycles. The maximum atomic E-state index is 12.1. The molecule has 3 N–H and O–H groups in total. The van der Waals surface area contributed by atoms with Gasteiger partial charge in [0.15, 0.2) is 0 Å². The third-order valence-electron chi connectivity index (χ3n) is 2.97. The number of nitrogens with one attached hydrogen (secondary N) is 2. The molecule has 1 amide bonds. The van der Waals surface area contributed by atoms with Crippen LogP contribution in [0.4, 0.5) is 0 Å². The Morgan fingerprint density at radius 1 is 1.48 bits per heavy atom. The molecule has 5 nitrogen and oxygen atoms in total. The molecule has 1 aromatic heterocycles. The number of aryl methyl sites for hydroxylation is 1. The first-order valence-corrected chi connectivity index (χ1v) is 6.67. The molecule has 21 heavy (non-hydrogen) atoms. The number of aliphatic hydroxyl groups excluding tert-OH is 1. The van der Waals surface area contributed by atoms with Crippen molar-refractivity contribution in [3.05, 3.63) is 52.8 Å². The number of carbonyl (C=O) groups is 1. The molecule has 0 saturated heterocycles. The average Bonchev–Trinajstić information content (AvgIpc) is 2.91. The van der Waals surface area contributed by atoms with E-state index in [1.165, 1.54) is 0 Å². The number of hydrogen-bond donors (Lipinski definition) is 3. The smallest absolute Gasteiger partial charge is 0.251 e. The first kappa shape index (κ1) is 14.8. The van der Waals surface area contributed by atoms with Crippen LogP contribution in [0.1, 0.15) is 33.6 Å². The van der Waals surface area contributed by atoms with Gasteiger partial charge in [0.1, 0.15) is 0 Å². The Hall–Kier alpha value is -2.58. The molecule has 0 aliphatic carbocycles. The monoisotopic (exact) mass is 283 g/mol. The van der Waals surface area contributed by atoms with E-state index >= 15 is 0 Å². The summed E-state index contributed by atoms with van der Waals surface area (Å²) < 4.78 is 0. The lowest BCUT2D eigenvalue weighted by atomic mass is 10.1. The lowest BCUT2D eigenvalue weighted by Gasteiger charge is -2.05. The Balaban J connectivity index is 2.01. The van der Waals surface area contributed by atoms with Crippen LogP contribution in [0.25, 0.3) is 0 Å². The molecular formula is C16H17N3O2. The van der Waals surface area contributed by atoms with E-state index in [0.717, 1.165) is 16.8 Å². The molecule has 0 saturated carbocycles. The standard InChI is InChI=1S/C16H17N3O2/c1-12-15(11-18-19-12)10-17-16(21)14-7-4-6-13(9-14)5-2-3-8-20/h4,6-7,9,11,20H,3,8,10H2,1H3,(H,17,21)(H,18,19). The van der Waals surface area contributed by atoms with Crippen molar-refractivity contribution in [2.75, 3.05) is 6.61 Å². The van der Waals surface area contributed by atoms with E-state index < -0.39 is 0 Å². The highest BCUT2D eigenvalue weighted by Gasteiger charge is 2.07. The lowest BCUT2D eigenvalue weighted by molar-refractivity contribution is 0.0951. The number of amides is 1. The maximum Gasteiger partial charge on any atom is 0.251 e. The van der Waals surface area contributed by atoms with Crippen molar-refractivity contribution in [1.29, 1.82) is 0 Å². The van der Waals surface area contributed by atoms with Crippen LogP contribution >= 0.6 is 0 Å². The number of H-pyrrole nitrogens is 1. The predicted molar refractivity (Wildman–Crippen MR) is 79.5 cm³/mol. The van der Waals surface area contributed by atoms with Gasteiger partial charge < -0.3 is 10.4 Å². The summed E-state index contributed by atoms with van der Waals surface area (Å²) in [5.74, 6) is 5.60. The fourth-order valence-electron chi connectivity index (χ4n) is 1.79. The number of benzene rings is 1. The maximum absolute atomic E-state index is 12.1. The van der Waals surface area contributed by atoms with Crippen molar-refractivity contribution in [3.8, 4) is 11.8 Å². The van der Waals surface area contributed by atoms with E-state index in [9.17, 15) is 4.79 Å². The number of aromatic amines is 1. The van der Waals surface area contributed by atoms with Crippen molar-refractivity contribution >= 4 is 5.91 Å². The Morgan fingerprint density at radius 3 is 3.05 bits per heavy atom. The molecule has 2 rings (SSSR count). The van der Waals surface area contributed by atoms with Gasteiger partial charge in [-0.05, 0) is 25.1 Å². The summed E-state index contributed by atoms with van der Waals surface area (Å²) in [6.07, 6.45) is 2.13. The van der Waals surface area contributed by atoms with E-state index in [-0.39, 0.29) is 12.5 Å². The number of aliphatic hydroxyl groups is 1. The summed E-state index contributed by atoms with van der Waals surface area (Å²) in [5.41, 5.74) is 3.23. The zero-order valence-electron chi connectivity index (χ0n) is 11.8. The quantitative estimate of drug-likeness (QED) is 0.742. The molecule has 0 bridgehead atoms. The van der Waals surface area contributed by atoms with E-state index in [0.29, 0.717) is 18.5 Å². The van der Waals surface area contributed by atoms with Crippen LogP contribution in [0.2, 0.25) is 0 Å². The second-order valence-corrected chi connectivity index (χ2v) is 4.56. The minimum atomic E-state index is -0.151. The number of hydrogen-bond acceptors (Lipinski definition) is 3. The highest BCUT2D eigenvalue weighted by molar-refractivity contribution is 5.94. The average molecular weight is 283 g/mol. The Morgan fingerprint density at radius 2 is 2.33 bits per heavy atom. The van der Waals surface area contributed by atoms with Crippen molar-refractivity contribution in [2.45, 2.75) is 19.9 Å². The van der Waals surface area contributed by atoms with Crippen LogP contribution in [0.3, 0.4) is 0 Å². The second-order valence-electron chi connectivity index (χ2n) is 4.56. The van der Waals surface area contributed by atoms with Gasteiger partial charge in [0.05, 0.1) is 12.8 Å². The van der Waals surface area contributed by atoms with E-state index in [4.69, 9.17) is 5.11 Å². The minimum absolute atomic E-state index is 0.0389. The molecule has 0 fully saturated rings. The van der Waals surface area contributed by atoms with Gasteiger partial charge in [0, 0.05) is 35.3 Å². The predicted octanol–water partition coefficient (Wildman–Crippen LogP) is 1.38. The van der Waals surface area contributed by atoms with Crippen molar-refractivity contribution in [1.82, 2.24) is 15.5 Å². The lowest BCUT2D eigenvalue weighted by Crippen LogP contribution is -2.22. The summed E-state index contributed by atoms with van der Waals surface area (Å²) in [6, 6.07) is 7.11. The van der Waals surface area contributed by atoms with E-state index in [2.05, 4.69) is 27.4 Å². The van der Waals surface area contributed by atoms with Gasteiger partial charge in [-0.15, -0.1) is 0 Å². The largest absolute Gasteiger partial charge is 0.395 e. The topological polar surface area (TPSA) is 78.0 Å². The SMILES string of the molecule is Cc1[nH]ncc1CNC(=O)c1cccc(C#CCCO)c1. The zero-order chi connectivity index (χ0) is 15.1. The molecule has 0 atom stereocenters. The molecular weight excluding hydrogens is 266 g/mol. The van der Waals surface area contributed by atoms with E-state index in [1.807, 2.05) is 13.0 Å². The summed E-state index contributed by atoms with van der Waals surface area (Å²) >= 11 is 0. The normalized spacial score (nSPS) is 9.81. The van der Waals surface area contributed by atoms with Crippen LogP contribution in [0.5, 0.6) is 0 Å². The van der Waals surface area contributed by atoms with Gasteiger partial charge in [-0.3, -0.25) is 9.89 Å². The van der Waals surface area contributed by atoms with Crippen LogP contribution in [-0.4, -0.2) is 27.8 Å². The number of carbonyl (C=O) groups excluding carboxylic acids is 1. The third kappa shape index (κ3) is 4.20. The van der Waals surface area contributed by atoms with Gasteiger partial charge in [-0.1, -0.05) is 17.9 Å². The van der Waals surface area contributed by atoms with Gasteiger partial charge in [-0.25, -0.2) is 0 Å². The minimum Gasteiger partial charge on any atom is -0.395 e. The molecule has 0 radical (unpaired) electrons. The molecule has 0 unspecified atom stereocenters. The molecule has 5 heteroatoms. The highest BCUT2D eigenvalue weighted by Crippen LogP contribution is 2.06. The zero-order valence-corrected chi connectivity index (χ0v) is 11.8. The number of aromatic nitrogens is 2. The van der Waals surface area contributed by atoms with Crippen LogP contribution in [-0.2, 0) is 6.54 Å². The van der Waals surface area contributed by atoms with Crippen molar-refractivity contribution in [3.63, 3.8) is 0 Å². The number of nitrogens with zero attached hydrogens (tertiary/aromatic N) is 1. The Kier molecular flexibility index (Phi) is 5.13. The molecule has 0 spiro atoms. The fourth-order valence-corrected chi connectivity index (χ4v) is 1.79. The summed E-state index contributed by atoms with van der Waals surface area (Å²) in [7, 11) is 0. The van der Waals surface area contributed by atoms with E-state index in [1.54, 1.807) is 24.4 Å². The van der Waals surface area contributed by atoms with Gasteiger partial charge >= 0.3 is 0 Å². The van der Waals surface area contributed by atoms with Crippen LogP contribution in [0.15, 0.2) is 30.5 Å². The first-order valence-electron chi connectivity index (χ1n) is 6.67. The molecule has 1 heterocycles. The molecule has 108 valence electrons. The first-order chi connectivity index (χ1) is 10.2. The summed E-state index contributed by atoms with van der Waals surface area (Å²) in [4.78, 5) is 12.1. The van der Waals surface area contributed by atoms with Crippen molar-refractivity contribution in [2.24, 2.45) is 0 Å². The number of rotatable bonds is 4. The van der Waals surface area contributed by atoms with Gasteiger partial charge in [-0.2, -0.15) is 5.10 Å². The summed E-state index contributed by atoms with van der Waals surface area (Å²) in [6.45, 7) is 2.38. The van der Waals surface area contributed by atoms with Crippen LogP contribution in [0, 0.1) is 18.8 Å². The second kappa shape index (κ2) is 7.27. The summed E-state index contributed by atoms with van der Waals surface area (Å²) in [5, 5.41) is 18.3. The Bertz CT molecular complexity index is 680. The van der Waals surface area contributed by atoms with Crippen LogP contribution < -0.4 is 5.32 Å². The molecule has 0 aliphatic heterocycles. The molecule has 2 aromatic rings. The van der Waals surface area contributed by atoms with Crippen molar-refractivity contribution < 1.29 is 9.90 Å². The van der Waals surface area contributed by atoms with Gasteiger partial charge in [0.25, 0.3) is 5.91 Å².